The zero-order valence-corrected chi connectivity index (χ0v) is 15.7. The predicted molar refractivity (Wildman–Crippen MR) is 111 cm³/mol. The number of nitrogens with zero attached hydrogens (tertiary/aromatic N) is 2. The molecular formula is C21H21N5O2. The molecule has 4 N–H and O–H groups in total. The minimum absolute atomic E-state index is 0.364. The van der Waals surface area contributed by atoms with Gasteiger partial charge in [0.05, 0.1) is 23.4 Å². The Balaban J connectivity index is 2.19. The first kappa shape index (κ1) is 19.0. The molecule has 0 unspecified atom stereocenters. The van der Waals surface area contributed by atoms with Gasteiger partial charge in [-0.05, 0) is 55.8 Å². The summed E-state index contributed by atoms with van der Waals surface area (Å²) >= 11 is 0. The first-order valence-corrected chi connectivity index (χ1v) is 8.81. The first-order chi connectivity index (χ1) is 13.5. The Kier molecular flexibility index (Phi) is 5.64. The Morgan fingerprint density at radius 2 is 2.04 bits per heavy atom. The molecule has 0 saturated heterocycles. The number of amides is 1. The monoisotopic (exact) mass is 375 g/mol. The lowest BCUT2D eigenvalue weighted by Crippen LogP contribution is -2.13. The summed E-state index contributed by atoms with van der Waals surface area (Å²) in [4.78, 5) is 21.0. The molecule has 2 aromatic carbocycles. The molecule has 0 radical (unpaired) electrons. The van der Waals surface area contributed by atoms with Gasteiger partial charge in [0.25, 0.3) is 5.91 Å². The van der Waals surface area contributed by atoms with Gasteiger partial charge in [-0.3, -0.25) is 4.79 Å². The van der Waals surface area contributed by atoms with Crippen LogP contribution in [0.25, 0.3) is 16.5 Å². The summed E-state index contributed by atoms with van der Waals surface area (Å²) < 4.78 is 5.60. The van der Waals surface area contributed by atoms with E-state index in [0.29, 0.717) is 40.8 Å². The van der Waals surface area contributed by atoms with Gasteiger partial charge in [0, 0.05) is 11.6 Å². The number of nitrogens with two attached hydrogens (primary N) is 1. The molecule has 0 spiro atoms. The van der Waals surface area contributed by atoms with Crippen LogP contribution in [0.15, 0.2) is 48.5 Å². The molecule has 0 fully saturated rings. The number of anilines is 2. The van der Waals surface area contributed by atoms with E-state index in [1.807, 2.05) is 38.1 Å². The highest BCUT2D eigenvalue weighted by Gasteiger charge is 2.13. The molecule has 0 aliphatic heterocycles. The zero-order valence-electron chi connectivity index (χ0n) is 15.7. The summed E-state index contributed by atoms with van der Waals surface area (Å²) in [6.45, 7) is 4.29. The lowest BCUT2D eigenvalue weighted by Gasteiger charge is -2.14. The topological polar surface area (TPSA) is 114 Å². The van der Waals surface area contributed by atoms with E-state index in [1.165, 1.54) is 6.21 Å². The highest BCUT2D eigenvalue weighted by Crippen LogP contribution is 2.30. The number of allylic oxidation sites excluding steroid dienone is 2. The number of hydrogen-bond acceptors (Lipinski definition) is 6. The number of carbonyl (C=O) groups excluding carboxylic acids is 1. The maximum absolute atomic E-state index is 11.8. The normalized spacial score (nSPS) is 11.3. The molecule has 3 aromatic rings. The first-order valence-electron chi connectivity index (χ1n) is 8.81. The van der Waals surface area contributed by atoms with Crippen molar-refractivity contribution in [3.05, 3.63) is 59.9 Å². The van der Waals surface area contributed by atoms with Crippen molar-refractivity contribution >= 4 is 40.1 Å². The van der Waals surface area contributed by atoms with Crippen LogP contribution in [-0.4, -0.2) is 28.7 Å². The molecule has 7 heteroatoms. The Bertz CT molecular complexity index is 1080. The van der Waals surface area contributed by atoms with Crippen LogP contribution in [0.1, 0.15) is 30.0 Å². The number of aromatic nitrogens is 2. The van der Waals surface area contributed by atoms with E-state index >= 15 is 0 Å². The van der Waals surface area contributed by atoms with E-state index in [4.69, 9.17) is 15.9 Å². The summed E-state index contributed by atoms with van der Waals surface area (Å²) in [5, 5.41) is 11.2. The molecule has 142 valence electrons. The van der Waals surface area contributed by atoms with Crippen molar-refractivity contribution in [1.29, 1.82) is 5.41 Å². The summed E-state index contributed by atoms with van der Waals surface area (Å²) in [7, 11) is 0. The van der Waals surface area contributed by atoms with Gasteiger partial charge in [-0.2, -0.15) is 0 Å². The number of para-hydroxylation sites is 1. The van der Waals surface area contributed by atoms with Crippen LogP contribution in [0.5, 0.6) is 5.75 Å². The van der Waals surface area contributed by atoms with Crippen molar-refractivity contribution in [3.8, 4) is 5.75 Å². The van der Waals surface area contributed by atoms with Gasteiger partial charge in [0.15, 0.2) is 5.82 Å². The quantitative estimate of drug-likeness (QED) is 0.542. The number of hydrogen-bond donors (Lipinski definition) is 3. The molecule has 1 amide bonds. The van der Waals surface area contributed by atoms with Crippen molar-refractivity contribution in [2.45, 2.75) is 13.8 Å². The number of carbonyl (C=O) groups is 1. The fourth-order valence-electron chi connectivity index (χ4n) is 2.77. The van der Waals surface area contributed by atoms with Crippen LogP contribution in [0.3, 0.4) is 0 Å². The van der Waals surface area contributed by atoms with E-state index in [2.05, 4.69) is 15.3 Å². The third-order valence-electron chi connectivity index (χ3n) is 4.11. The number of benzene rings is 2. The molecule has 1 aromatic heterocycles. The maximum Gasteiger partial charge on any atom is 0.250 e. The standard InChI is InChI=1S/C21H21N5O2/c1-3-28-14-8-9-18-16(12-14)21(26-20(24-18)13(2)10-11-22)25-17-7-5-4-6-15(17)19(23)27/h4-12,22H,3H2,1-2H3,(H2,23,27)(H,24,25,26)/b13-10+,22-11?. The van der Waals surface area contributed by atoms with Gasteiger partial charge in [-0.15, -0.1) is 0 Å². The van der Waals surface area contributed by atoms with Crippen molar-refractivity contribution in [2.24, 2.45) is 5.73 Å². The highest BCUT2D eigenvalue weighted by atomic mass is 16.5. The molecule has 0 bridgehead atoms. The van der Waals surface area contributed by atoms with Gasteiger partial charge < -0.3 is 21.2 Å². The molecule has 0 aliphatic rings. The number of fused-ring (bicyclic) bond motifs is 1. The van der Waals surface area contributed by atoms with E-state index < -0.39 is 5.91 Å². The third-order valence-corrected chi connectivity index (χ3v) is 4.11. The van der Waals surface area contributed by atoms with Crippen LogP contribution in [0.4, 0.5) is 11.5 Å². The molecule has 7 nitrogen and oxygen atoms in total. The molecule has 1 heterocycles. The second-order valence-corrected chi connectivity index (χ2v) is 6.06. The fraction of sp³-hybridized carbons (Fsp3) is 0.143. The molecule has 0 atom stereocenters. The van der Waals surface area contributed by atoms with E-state index in [9.17, 15) is 4.79 Å². The van der Waals surface area contributed by atoms with Crippen LogP contribution in [-0.2, 0) is 0 Å². The van der Waals surface area contributed by atoms with Gasteiger partial charge >= 0.3 is 0 Å². The molecule has 28 heavy (non-hydrogen) atoms. The Morgan fingerprint density at radius 1 is 1.25 bits per heavy atom. The lowest BCUT2D eigenvalue weighted by molar-refractivity contribution is 0.100. The second-order valence-electron chi connectivity index (χ2n) is 6.06. The van der Waals surface area contributed by atoms with Crippen LogP contribution in [0.2, 0.25) is 0 Å². The molecule has 0 aliphatic carbocycles. The molecular weight excluding hydrogens is 354 g/mol. The van der Waals surface area contributed by atoms with Crippen molar-refractivity contribution in [1.82, 2.24) is 9.97 Å². The Labute approximate surface area is 162 Å². The van der Waals surface area contributed by atoms with Crippen LogP contribution in [0, 0.1) is 5.41 Å². The number of ether oxygens (including phenoxy) is 1. The Hall–Kier alpha value is -3.74. The van der Waals surface area contributed by atoms with Crippen molar-refractivity contribution in [2.75, 3.05) is 11.9 Å². The Morgan fingerprint density at radius 3 is 2.75 bits per heavy atom. The largest absolute Gasteiger partial charge is 0.494 e. The minimum Gasteiger partial charge on any atom is -0.494 e. The van der Waals surface area contributed by atoms with Gasteiger partial charge in [-0.1, -0.05) is 12.1 Å². The fourth-order valence-corrected chi connectivity index (χ4v) is 2.77. The third kappa shape index (κ3) is 3.98. The summed E-state index contributed by atoms with van der Waals surface area (Å²) in [5.41, 5.74) is 7.87. The smallest absolute Gasteiger partial charge is 0.250 e. The van der Waals surface area contributed by atoms with Crippen LogP contribution >= 0.6 is 0 Å². The van der Waals surface area contributed by atoms with Gasteiger partial charge in [0.1, 0.15) is 11.6 Å². The number of primary amides is 1. The highest BCUT2D eigenvalue weighted by molar-refractivity contribution is 6.01. The number of nitrogens with one attached hydrogen (secondary N) is 2. The van der Waals surface area contributed by atoms with Crippen molar-refractivity contribution in [3.63, 3.8) is 0 Å². The minimum atomic E-state index is -0.531. The molecule has 3 rings (SSSR count). The summed E-state index contributed by atoms with van der Waals surface area (Å²) in [6, 6.07) is 12.5. The van der Waals surface area contributed by atoms with Gasteiger partial charge in [-0.25, -0.2) is 9.97 Å². The summed E-state index contributed by atoms with van der Waals surface area (Å²) in [6.07, 6.45) is 2.81. The van der Waals surface area contributed by atoms with Gasteiger partial charge in [0.2, 0.25) is 0 Å². The van der Waals surface area contributed by atoms with E-state index in [0.717, 1.165) is 11.0 Å². The average Bonchev–Trinajstić information content (AvgIpc) is 2.69. The zero-order chi connectivity index (χ0) is 20.1. The lowest BCUT2D eigenvalue weighted by atomic mass is 10.1. The predicted octanol–water partition coefficient (Wildman–Crippen LogP) is 3.92. The van der Waals surface area contributed by atoms with E-state index in [-0.39, 0.29) is 0 Å². The van der Waals surface area contributed by atoms with E-state index in [1.54, 1.807) is 24.3 Å². The average molecular weight is 375 g/mol. The SMILES string of the molecule is CCOc1ccc2nc(/C(C)=C/C=N)nc(Nc3ccccc3C(N)=O)c2c1. The summed E-state index contributed by atoms with van der Waals surface area (Å²) in [5.74, 6) is 1.17. The number of rotatable bonds is 7. The molecule has 0 saturated carbocycles. The van der Waals surface area contributed by atoms with Crippen molar-refractivity contribution < 1.29 is 9.53 Å². The maximum atomic E-state index is 11.8. The van der Waals surface area contributed by atoms with Crippen LogP contribution < -0.4 is 15.8 Å². The second kappa shape index (κ2) is 8.30.